The number of benzene rings is 1. The van der Waals surface area contributed by atoms with Gasteiger partial charge in [-0.3, -0.25) is 4.98 Å². The average molecular weight is 354 g/mol. The number of hydrogen-bond acceptors (Lipinski definition) is 3. The monoisotopic (exact) mass is 354 g/mol. The third-order valence-corrected chi connectivity index (χ3v) is 3.35. The number of rotatable bonds is 4. The lowest BCUT2D eigenvalue weighted by Crippen LogP contribution is -2.12. The highest BCUT2D eigenvalue weighted by Gasteiger charge is 2.10. The SMILES string of the molecule is CCOc1cncc(C(N)c2ccc(I)cc2)c1. The van der Waals surface area contributed by atoms with Crippen LogP contribution in [0.1, 0.15) is 24.1 Å². The van der Waals surface area contributed by atoms with Gasteiger partial charge >= 0.3 is 0 Å². The fraction of sp³-hybridized carbons (Fsp3) is 0.214. The number of hydrogen-bond donors (Lipinski definition) is 1. The van der Waals surface area contributed by atoms with E-state index in [0.29, 0.717) is 6.61 Å². The molecule has 3 nitrogen and oxygen atoms in total. The fourth-order valence-corrected chi connectivity index (χ4v) is 2.07. The first kappa shape index (κ1) is 13.3. The molecule has 0 aliphatic rings. The van der Waals surface area contributed by atoms with Crippen molar-refractivity contribution in [3.05, 3.63) is 57.4 Å². The Hall–Kier alpha value is -1.14. The Labute approximate surface area is 121 Å². The maximum Gasteiger partial charge on any atom is 0.137 e. The third kappa shape index (κ3) is 3.20. The zero-order valence-corrected chi connectivity index (χ0v) is 12.3. The lowest BCUT2D eigenvalue weighted by molar-refractivity contribution is 0.338. The summed E-state index contributed by atoms with van der Waals surface area (Å²) in [7, 11) is 0. The number of nitrogens with zero attached hydrogens (tertiary/aromatic N) is 1. The maximum absolute atomic E-state index is 6.23. The fourth-order valence-electron chi connectivity index (χ4n) is 1.71. The Morgan fingerprint density at radius 2 is 1.94 bits per heavy atom. The highest BCUT2D eigenvalue weighted by molar-refractivity contribution is 14.1. The second-order valence-electron chi connectivity index (χ2n) is 3.92. The molecule has 0 aliphatic heterocycles. The molecule has 0 radical (unpaired) electrons. The van der Waals surface area contributed by atoms with Gasteiger partial charge in [0.25, 0.3) is 0 Å². The Bertz CT molecular complexity index is 513. The Morgan fingerprint density at radius 1 is 1.22 bits per heavy atom. The molecule has 2 rings (SSSR count). The molecule has 2 aromatic rings. The van der Waals surface area contributed by atoms with Crippen LogP contribution in [0, 0.1) is 3.57 Å². The van der Waals surface area contributed by atoms with Gasteiger partial charge in [0.2, 0.25) is 0 Å². The molecule has 94 valence electrons. The van der Waals surface area contributed by atoms with Crippen molar-refractivity contribution in [2.45, 2.75) is 13.0 Å². The number of pyridine rings is 1. The lowest BCUT2D eigenvalue weighted by Gasteiger charge is -2.13. The molecule has 1 aromatic carbocycles. The first-order chi connectivity index (χ1) is 8.70. The Morgan fingerprint density at radius 3 is 2.61 bits per heavy atom. The summed E-state index contributed by atoms with van der Waals surface area (Å²) >= 11 is 2.28. The van der Waals surface area contributed by atoms with E-state index >= 15 is 0 Å². The molecule has 0 bridgehead atoms. The van der Waals surface area contributed by atoms with Crippen molar-refractivity contribution in [2.75, 3.05) is 6.61 Å². The number of ether oxygens (including phenoxy) is 1. The lowest BCUT2D eigenvalue weighted by atomic mass is 10.0. The standard InChI is InChI=1S/C14H15IN2O/c1-2-18-13-7-11(8-17-9-13)14(16)10-3-5-12(15)6-4-10/h3-9,14H,2,16H2,1H3. The summed E-state index contributed by atoms with van der Waals surface area (Å²) in [6.07, 6.45) is 3.48. The van der Waals surface area contributed by atoms with E-state index in [1.165, 1.54) is 3.57 Å². The van der Waals surface area contributed by atoms with Crippen LogP contribution in [-0.4, -0.2) is 11.6 Å². The van der Waals surface area contributed by atoms with Gasteiger partial charge in [0.1, 0.15) is 5.75 Å². The molecule has 0 fully saturated rings. The molecule has 2 N–H and O–H groups in total. The van der Waals surface area contributed by atoms with E-state index in [4.69, 9.17) is 10.5 Å². The summed E-state index contributed by atoms with van der Waals surface area (Å²) in [5.74, 6) is 0.760. The average Bonchev–Trinajstić information content (AvgIpc) is 2.39. The zero-order chi connectivity index (χ0) is 13.0. The first-order valence-electron chi connectivity index (χ1n) is 5.79. The Balaban J connectivity index is 2.24. The topological polar surface area (TPSA) is 48.1 Å². The van der Waals surface area contributed by atoms with Gasteiger partial charge in [-0.05, 0) is 58.8 Å². The molecule has 1 unspecified atom stereocenters. The molecule has 0 saturated heterocycles. The van der Waals surface area contributed by atoms with E-state index in [1.807, 2.05) is 25.1 Å². The minimum absolute atomic E-state index is 0.171. The van der Waals surface area contributed by atoms with E-state index < -0.39 is 0 Å². The number of halogens is 1. The zero-order valence-electron chi connectivity index (χ0n) is 10.1. The summed E-state index contributed by atoms with van der Waals surface area (Å²) in [6, 6.07) is 9.96. The molecular weight excluding hydrogens is 339 g/mol. The maximum atomic E-state index is 6.23. The van der Waals surface area contributed by atoms with E-state index in [1.54, 1.807) is 12.4 Å². The summed E-state index contributed by atoms with van der Waals surface area (Å²) < 4.78 is 6.63. The second-order valence-corrected chi connectivity index (χ2v) is 5.16. The van der Waals surface area contributed by atoms with Gasteiger partial charge in [-0.15, -0.1) is 0 Å². The molecule has 0 amide bonds. The second kappa shape index (κ2) is 6.15. The first-order valence-corrected chi connectivity index (χ1v) is 6.87. The van der Waals surface area contributed by atoms with Crippen LogP contribution < -0.4 is 10.5 Å². The molecule has 0 spiro atoms. The van der Waals surface area contributed by atoms with E-state index in [-0.39, 0.29) is 6.04 Å². The van der Waals surface area contributed by atoms with Gasteiger partial charge in [-0.1, -0.05) is 12.1 Å². The summed E-state index contributed by atoms with van der Waals surface area (Å²) in [6.45, 7) is 2.58. The molecule has 4 heteroatoms. The van der Waals surface area contributed by atoms with Crippen LogP contribution in [0.5, 0.6) is 5.75 Å². The normalized spacial score (nSPS) is 12.2. The molecule has 0 aliphatic carbocycles. The summed E-state index contributed by atoms with van der Waals surface area (Å²) in [4.78, 5) is 4.16. The van der Waals surface area contributed by atoms with Crippen LogP contribution >= 0.6 is 22.6 Å². The molecule has 0 saturated carbocycles. The van der Waals surface area contributed by atoms with Crippen LogP contribution in [0.2, 0.25) is 0 Å². The van der Waals surface area contributed by atoms with Crippen molar-refractivity contribution in [3.63, 3.8) is 0 Å². The van der Waals surface area contributed by atoms with Gasteiger partial charge in [0.15, 0.2) is 0 Å². The van der Waals surface area contributed by atoms with Gasteiger partial charge in [0, 0.05) is 9.77 Å². The van der Waals surface area contributed by atoms with E-state index in [9.17, 15) is 0 Å². The third-order valence-electron chi connectivity index (χ3n) is 2.63. The highest BCUT2D eigenvalue weighted by atomic mass is 127. The summed E-state index contributed by atoms with van der Waals surface area (Å²) in [5, 5.41) is 0. The van der Waals surface area contributed by atoms with Crippen molar-refractivity contribution in [1.29, 1.82) is 0 Å². The largest absolute Gasteiger partial charge is 0.492 e. The smallest absolute Gasteiger partial charge is 0.137 e. The van der Waals surface area contributed by atoms with Crippen molar-refractivity contribution in [3.8, 4) is 5.75 Å². The minimum Gasteiger partial charge on any atom is -0.492 e. The van der Waals surface area contributed by atoms with Gasteiger partial charge < -0.3 is 10.5 Å². The van der Waals surface area contributed by atoms with Gasteiger partial charge in [-0.25, -0.2) is 0 Å². The van der Waals surface area contributed by atoms with Gasteiger partial charge in [0.05, 0.1) is 18.8 Å². The molecular formula is C14H15IN2O. The highest BCUT2D eigenvalue weighted by Crippen LogP contribution is 2.22. The minimum atomic E-state index is -0.171. The Kier molecular flexibility index (Phi) is 4.54. The van der Waals surface area contributed by atoms with Crippen molar-refractivity contribution >= 4 is 22.6 Å². The van der Waals surface area contributed by atoms with Crippen LogP contribution in [0.15, 0.2) is 42.7 Å². The number of nitrogens with two attached hydrogens (primary N) is 1. The molecule has 1 aromatic heterocycles. The predicted molar refractivity (Wildman–Crippen MR) is 80.6 cm³/mol. The van der Waals surface area contributed by atoms with E-state index in [0.717, 1.165) is 16.9 Å². The van der Waals surface area contributed by atoms with Crippen molar-refractivity contribution < 1.29 is 4.74 Å². The number of aromatic nitrogens is 1. The molecule has 1 heterocycles. The van der Waals surface area contributed by atoms with Crippen LogP contribution in [0.4, 0.5) is 0 Å². The van der Waals surface area contributed by atoms with Crippen LogP contribution in [-0.2, 0) is 0 Å². The predicted octanol–water partition coefficient (Wildman–Crippen LogP) is 3.13. The van der Waals surface area contributed by atoms with E-state index in [2.05, 4.69) is 39.7 Å². The van der Waals surface area contributed by atoms with Gasteiger partial charge in [-0.2, -0.15) is 0 Å². The molecule has 18 heavy (non-hydrogen) atoms. The summed E-state index contributed by atoms with van der Waals surface area (Å²) in [5.41, 5.74) is 8.27. The van der Waals surface area contributed by atoms with Crippen molar-refractivity contribution in [2.24, 2.45) is 5.73 Å². The van der Waals surface area contributed by atoms with Crippen LogP contribution in [0.25, 0.3) is 0 Å². The van der Waals surface area contributed by atoms with Crippen LogP contribution in [0.3, 0.4) is 0 Å². The molecule has 1 atom stereocenters. The quantitative estimate of drug-likeness (QED) is 0.859. The van der Waals surface area contributed by atoms with Crippen molar-refractivity contribution in [1.82, 2.24) is 4.98 Å².